The van der Waals surface area contributed by atoms with Gasteiger partial charge in [-0.1, -0.05) is 6.07 Å². The van der Waals surface area contributed by atoms with Crippen LogP contribution in [-0.4, -0.2) is 60.3 Å². The van der Waals surface area contributed by atoms with Crippen molar-refractivity contribution in [3.05, 3.63) is 58.7 Å². The molecule has 0 spiro atoms. The molecule has 2 aliphatic rings. The number of likely N-dealkylation sites (tertiary alicyclic amines) is 1. The zero-order valence-electron chi connectivity index (χ0n) is 18.1. The summed E-state index contributed by atoms with van der Waals surface area (Å²) < 4.78 is 16.0. The number of Topliss-reactive ketones (excluding diaryl/α,β-unsaturated/α-hetero) is 1. The molecule has 2 aromatic carbocycles. The number of methoxy groups -OCH3 is 2. The molecule has 1 saturated heterocycles. The van der Waals surface area contributed by atoms with Crippen LogP contribution in [0.3, 0.4) is 0 Å². The van der Waals surface area contributed by atoms with Gasteiger partial charge in [-0.3, -0.25) is 9.59 Å². The standard InChI is InChI=1S/C24H25NO7/c1-13-10-16-11-15(5-7-18(16)32-13)22(27)20-21(14-4-6-17(26)19(12-14)31-3)25(8-9-30-2)24(29)23(20)28/h4-7,11-13,21,26-27H,8-10H2,1-3H3/b22-20+. The van der Waals surface area contributed by atoms with Crippen molar-refractivity contribution in [2.24, 2.45) is 0 Å². The molecule has 0 aromatic heterocycles. The first-order valence-corrected chi connectivity index (χ1v) is 10.3. The number of phenolic OH excluding ortho intramolecular Hbond substituents is 1. The van der Waals surface area contributed by atoms with E-state index in [1.165, 1.54) is 25.2 Å². The van der Waals surface area contributed by atoms with Crippen molar-refractivity contribution in [1.82, 2.24) is 4.90 Å². The van der Waals surface area contributed by atoms with E-state index in [9.17, 15) is 19.8 Å². The molecule has 32 heavy (non-hydrogen) atoms. The van der Waals surface area contributed by atoms with Crippen LogP contribution in [0.2, 0.25) is 0 Å². The number of ketones is 1. The van der Waals surface area contributed by atoms with Gasteiger partial charge < -0.3 is 29.3 Å². The average Bonchev–Trinajstić information content (AvgIpc) is 3.28. The molecule has 2 atom stereocenters. The molecule has 2 aliphatic heterocycles. The molecule has 2 heterocycles. The van der Waals surface area contributed by atoms with Crippen molar-refractivity contribution in [1.29, 1.82) is 0 Å². The number of aliphatic hydroxyl groups is 1. The van der Waals surface area contributed by atoms with E-state index in [0.717, 1.165) is 11.3 Å². The number of hydrogen-bond acceptors (Lipinski definition) is 7. The summed E-state index contributed by atoms with van der Waals surface area (Å²) in [5.74, 6) is -0.891. The quantitative estimate of drug-likeness (QED) is 0.405. The van der Waals surface area contributed by atoms with Crippen LogP contribution >= 0.6 is 0 Å². The summed E-state index contributed by atoms with van der Waals surface area (Å²) in [6.45, 7) is 2.33. The second kappa shape index (κ2) is 8.55. The monoisotopic (exact) mass is 439 g/mol. The van der Waals surface area contributed by atoms with Crippen molar-refractivity contribution in [3.8, 4) is 17.2 Å². The lowest BCUT2D eigenvalue weighted by molar-refractivity contribution is -0.140. The topological polar surface area (TPSA) is 106 Å². The molecule has 4 rings (SSSR count). The number of ether oxygens (including phenoxy) is 3. The summed E-state index contributed by atoms with van der Waals surface area (Å²) in [6, 6.07) is 8.93. The van der Waals surface area contributed by atoms with Gasteiger partial charge in [-0.25, -0.2) is 0 Å². The largest absolute Gasteiger partial charge is 0.507 e. The van der Waals surface area contributed by atoms with Crippen LogP contribution in [-0.2, 0) is 20.7 Å². The number of carbonyl (C=O) groups excluding carboxylic acids is 2. The number of amides is 1. The first kappa shape index (κ1) is 21.7. The molecule has 0 radical (unpaired) electrons. The maximum absolute atomic E-state index is 13.0. The van der Waals surface area contributed by atoms with Gasteiger partial charge in [0, 0.05) is 25.6 Å². The number of phenols is 1. The van der Waals surface area contributed by atoms with E-state index in [1.54, 1.807) is 30.3 Å². The van der Waals surface area contributed by atoms with Gasteiger partial charge in [0.05, 0.1) is 25.3 Å². The second-order valence-corrected chi connectivity index (χ2v) is 7.87. The van der Waals surface area contributed by atoms with Gasteiger partial charge in [-0.05, 0) is 48.4 Å². The van der Waals surface area contributed by atoms with E-state index in [0.29, 0.717) is 17.5 Å². The van der Waals surface area contributed by atoms with Crippen molar-refractivity contribution < 1.29 is 34.0 Å². The smallest absolute Gasteiger partial charge is 0.295 e. The number of aromatic hydroxyl groups is 1. The third-order valence-electron chi connectivity index (χ3n) is 5.77. The first-order valence-electron chi connectivity index (χ1n) is 10.3. The zero-order valence-corrected chi connectivity index (χ0v) is 18.1. The molecule has 168 valence electrons. The maximum Gasteiger partial charge on any atom is 0.295 e. The number of nitrogens with zero attached hydrogens (tertiary/aromatic N) is 1. The number of benzene rings is 2. The van der Waals surface area contributed by atoms with E-state index < -0.39 is 17.7 Å². The molecular formula is C24H25NO7. The van der Waals surface area contributed by atoms with Crippen LogP contribution in [0.25, 0.3) is 5.76 Å². The Hall–Kier alpha value is -3.52. The van der Waals surface area contributed by atoms with Gasteiger partial charge in [-0.15, -0.1) is 0 Å². The normalized spacial score (nSPS) is 21.5. The van der Waals surface area contributed by atoms with E-state index >= 15 is 0 Å². The Morgan fingerprint density at radius 3 is 2.69 bits per heavy atom. The Morgan fingerprint density at radius 1 is 1.19 bits per heavy atom. The number of rotatable bonds is 6. The van der Waals surface area contributed by atoms with Crippen LogP contribution < -0.4 is 9.47 Å². The van der Waals surface area contributed by atoms with Crippen molar-refractivity contribution in [2.45, 2.75) is 25.5 Å². The number of carbonyl (C=O) groups is 2. The molecule has 0 saturated carbocycles. The minimum absolute atomic E-state index is 0.0224. The van der Waals surface area contributed by atoms with E-state index in [-0.39, 0.29) is 42.1 Å². The Bertz CT molecular complexity index is 1110. The number of fused-ring (bicyclic) bond motifs is 1. The summed E-state index contributed by atoms with van der Waals surface area (Å²) in [4.78, 5) is 27.3. The average molecular weight is 439 g/mol. The molecule has 0 bridgehead atoms. The fourth-order valence-corrected chi connectivity index (χ4v) is 4.24. The fraction of sp³-hybridized carbons (Fsp3) is 0.333. The number of aliphatic hydroxyl groups excluding tert-OH is 1. The van der Waals surface area contributed by atoms with Gasteiger partial charge in [0.2, 0.25) is 0 Å². The van der Waals surface area contributed by atoms with Crippen molar-refractivity contribution in [3.63, 3.8) is 0 Å². The molecule has 0 aliphatic carbocycles. The van der Waals surface area contributed by atoms with Crippen LogP contribution in [0.15, 0.2) is 42.0 Å². The summed E-state index contributed by atoms with van der Waals surface area (Å²) in [7, 11) is 2.91. The molecular weight excluding hydrogens is 414 g/mol. The highest BCUT2D eigenvalue weighted by Gasteiger charge is 2.46. The van der Waals surface area contributed by atoms with Gasteiger partial charge in [0.15, 0.2) is 11.5 Å². The summed E-state index contributed by atoms with van der Waals surface area (Å²) >= 11 is 0. The van der Waals surface area contributed by atoms with E-state index in [1.807, 2.05) is 6.92 Å². The Kier molecular flexibility index (Phi) is 5.80. The molecule has 8 nitrogen and oxygen atoms in total. The summed E-state index contributed by atoms with van der Waals surface area (Å²) in [5.41, 5.74) is 1.86. The highest BCUT2D eigenvalue weighted by molar-refractivity contribution is 6.46. The predicted molar refractivity (Wildman–Crippen MR) is 116 cm³/mol. The SMILES string of the molecule is COCCN1C(=O)C(=O)/C(=C(/O)c2ccc3c(c2)CC(C)O3)C1c1ccc(O)c(OC)c1. The first-order chi connectivity index (χ1) is 15.3. The highest BCUT2D eigenvalue weighted by atomic mass is 16.5. The zero-order chi connectivity index (χ0) is 23.0. The molecule has 1 fully saturated rings. The van der Waals surface area contributed by atoms with E-state index in [2.05, 4.69) is 0 Å². The second-order valence-electron chi connectivity index (χ2n) is 7.87. The predicted octanol–water partition coefficient (Wildman–Crippen LogP) is 2.79. The molecule has 2 aromatic rings. The van der Waals surface area contributed by atoms with Gasteiger partial charge in [-0.2, -0.15) is 0 Å². The minimum atomic E-state index is -0.858. The summed E-state index contributed by atoms with van der Waals surface area (Å²) in [6.07, 6.45) is 0.725. The van der Waals surface area contributed by atoms with Crippen LogP contribution in [0, 0.1) is 0 Å². The van der Waals surface area contributed by atoms with Crippen molar-refractivity contribution >= 4 is 17.4 Å². The molecule has 1 amide bonds. The molecule has 2 unspecified atom stereocenters. The fourth-order valence-electron chi connectivity index (χ4n) is 4.24. The summed E-state index contributed by atoms with van der Waals surface area (Å²) in [5, 5.41) is 21.2. The third kappa shape index (κ3) is 3.67. The van der Waals surface area contributed by atoms with Gasteiger partial charge in [0.1, 0.15) is 17.6 Å². The minimum Gasteiger partial charge on any atom is -0.507 e. The Labute approximate surface area is 185 Å². The highest BCUT2D eigenvalue weighted by Crippen LogP contribution is 2.42. The van der Waals surface area contributed by atoms with E-state index in [4.69, 9.17) is 14.2 Å². The molecule has 8 heteroatoms. The van der Waals surface area contributed by atoms with Crippen LogP contribution in [0.4, 0.5) is 0 Å². The lowest BCUT2D eigenvalue weighted by Gasteiger charge is -2.25. The lowest BCUT2D eigenvalue weighted by Crippen LogP contribution is -2.32. The van der Waals surface area contributed by atoms with Gasteiger partial charge >= 0.3 is 0 Å². The van der Waals surface area contributed by atoms with Crippen LogP contribution in [0.1, 0.15) is 29.7 Å². The lowest BCUT2D eigenvalue weighted by atomic mass is 9.94. The van der Waals surface area contributed by atoms with Crippen LogP contribution in [0.5, 0.6) is 17.2 Å². The maximum atomic E-state index is 13.0. The Morgan fingerprint density at radius 2 is 1.97 bits per heavy atom. The Balaban J connectivity index is 1.85. The van der Waals surface area contributed by atoms with Crippen molar-refractivity contribution in [2.75, 3.05) is 27.4 Å². The third-order valence-corrected chi connectivity index (χ3v) is 5.77. The number of hydrogen-bond donors (Lipinski definition) is 2. The molecule has 2 N–H and O–H groups in total. The van der Waals surface area contributed by atoms with Gasteiger partial charge in [0.25, 0.3) is 11.7 Å².